The highest BCUT2D eigenvalue weighted by atomic mass is 14.9. The summed E-state index contributed by atoms with van der Waals surface area (Å²) in [6, 6.07) is 0.752. The van der Waals surface area contributed by atoms with E-state index in [2.05, 4.69) is 33.1 Å². The van der Waals surface area contributed by atoms with E-state index < -0.39 is 0 Å². The maximum atomic E-state index is 3.44. The molecular weight excluding hydrogens is 134 g/mol. The quantitative estimate of drug-likeness (QED) is 0.657. The maximum absolute atomic E-state index is 3.44. The molecule has 2 unspecified atom stereocenters. The first-order chi connectivity index (χ1) is 5.15. The molecule has 1 aliphatic rings. The van der Waals surface area contributed by atoms with Crippen molar-refractivity contribution in [1.82, 2.24) is 5.32 Å². The molecule has 1 saturated carbocycles. The van der Waals surface area contributed by atoms with Gasteiger partial charge in [-0.15, -0.1) is 0 Å². The SMILES string of the molecule is CCC[C@H](NC)C1(C)CC1C. The molecule has 1 N–H and O–H groups in total. The second-order valence-electron chi connectivity index (χ2n) is 4.24. The van der Waals surface area contributed by atoms with Crippen LogP contribution in [0.5, 0.6) is 0 Å². The highest BCUT2D eigenvalue weighted by Gasteiger charge is 2.51. The van der Waals surface area contributed by atoms with Gasteiger partial charge in [-0.2, -0.15) is 0 Å². The Kier molecular flexibility index (Phi) is 2.58. The molecule has 1 nitrogen and oxygen atoms in total. The van der Waals surface area contributed by atoms with Crippen molar-refractivity contribution in [2.24, 2.45) is 11.3 Å². The molecule has 0 aromatic carbocycles. The van der Waals surface area contributed by atoms with Gasteiger partial charge in [0.15, 0.2) is 0 Å². The summed E-state index contributed by atoms with van der Waals surface area (Å²) in [5.74, 6) is 0.937. The fourth-order valence-electron chi connectivity index (χ4n) is 2.18. The Hall–Kier alpha value is -0.0400. The molecule has 1 fully saturated rings. The lowest BCUT2D eigenvalue weighted by molar-refractivity contribution is 0.332. The first-order valence-corrected chi connectivity index (χ1v) is 4.82. The summed E-state index contributed by atoms with van der Waals surface area (Å²) in [6.45, 7) is 7.04. The minimum atomic E-state index is 0.616. The summed E-state index contributed by atoms with van der Waals surface area (Å²) in [7, 11) is 2.09. The topological polar surface area (TPSA) is 12.0 Å². The Morgan fingerprint density at radius 1 is 1.64 bits per heavy atom. The molecule has 0 aromatic heterocycles. The summed E-state index contributed by atoms with van der Waals surface area (Å²) in [4.78, 5) is 0. The second-order valence-corrected chi connectivity index (χ2v) is 4.24. The molecule has 0 radical (unpaired) electrons. The molecule has 3 atom stereocenters. The van der Waals surface area contributed by atoms with Crippen LogP contribution in [0.15, 0.2) is 0 Å². The molecule has 1 aliphatic carbocycles. The van der Waals surface area contributed by atoms with Crippen LogP contribution in [0, 0.1) is 11.3 Å². The van der Waals surface area contributed by atoms with Crippen molar-refractivity contribution >= 4 is 0 Å². The average molecular weight is 155 g/mol. The van der Waals surface area contributed by atoms with Crippen LogP contribution in [0.2, 0.25) is 0 Å². The van der Waals surface area contributed by atoms with Crippen LogP contribution in [-0.2, 0) is 0 Å². The molecule has 1 heteroatoms. The lowest BCUT2D eigenvalue weighted by Gasteiger charge is -2.23. The Labute approximate surface area is 70.6 Å². The van der Waals surface area contributed by atoms with E-state index in [1.807, 2.05) is 0 Å². The van der Waals surface area contributed by atoms with Crippen LogP contribution in [0.25, 0.3) is 0 Å². The van der Waals surface area contributed by atoms with E-state index >= 15 is 0 Å². The third kappa shape index (κ3) is 1.58. The number of hydrogen-bond acceptors (Lipinski definition) is 1. The summed E-state index contributed by atoms with van der Waals surface area (Å²) in [5.41, 5.74) is 0.616. The van der Waals surface area contributed by atoms with E-state index in [9.17, 15) is 0 Å². The molecule has 1 rings (SSSR count). The Balaban J connectivity index is 2.42. The van der Waals surface area contributed by atoms with Gasteiger partial charge in [0.2, 0.25) is 0 Å². The van der Waals surface area contributed by atoms with Crippen molar-refractivity contribution in [2.45, 2.75) is 46.1 Å². The monoisotopic (exact) mass is 155 g/mol. The standard InChI is InChI=1S/C10H21N/c1-5-6-9(11-4)10(3)7-8(10)2/h8-9,11H,5-7H2,1-4H3/t8?,9-,10?/m0/s1. The van der Waals surface area contributed by atoms with E-state index in [-0.39, 0.29) is 0 Å². The molecule has 11 heavy (non-hydrogen) atoms. The fraction of sp³-hybridized carbons (Fsp3) is 1.00. The predicted octanol–water partition coefficient (Wildman–Crippen LogP) is 2.42. The molecule has 0 saturated heterocycles. The zero-order chi connectivity index (χ0) is 8.48. The second kappa shape index (κ2) is 3.14. The summed E-state index contributed by atoms with van der Waals surface area (Å²) < 4.78 is 0. The van der Waals surface area contributed by atoms with Gasteiger partial charge in [-0.3, -0.25) is 0 Å². The van der Waals surface area contributed by atoms with Crippen molar-refractivity contribution in [3.63, 3.8) is 0 Å². The van der Waals surface area contributed by atoms with Gasteiger partial charge in [0.05, 0.1) is 0 Å². The molecule has 0 spiro atoms. The van der Waals surface area contributed by atoms with Crippen molar-refractivity contribution in [2.75, 3.05) is 7.05 Å². The molecule has 0 aromatic rings. The van der Waals surface area contributed by atoms with Crippen LogP contribution >= 0.6 is 0 Å². The van der Waals surface area contributed by atoms with Gasteiger partial charge in [-0.05, 0) is 31.2 Å². The van der Waals surface area contributed by atoms with Gasteiger partial charge in [0.1, 0.15) is 0 Å². The molecule has 0 aliphatic heterocycles. The smallest absolute Gasteiger partial charge is 0.0120 e. The first-order valence-electron chi connectivity index (χ1n) is 4.82. The molecular formula is C10H21N. The lowest BCUT2D eigenvalue weighted by Crippen LogP contribution is -2.34. The van der Waals surface area contributed by atoms with Gasteiger partial charge in [-0.1, -0.05) is 27.2 Å². The minimum Gasteiger partial charge on any atom is -0.316 e. The summed E-state index contributed by atoms with van der Waals surface area (Å²) in [5, 5.41) is 3.44. The highest BCUT2D eigenvalue weighted by Crippen LogP contribution is 2.55. The predicted molar refractivity (Wildman–Crippen MR) is 49.6 cm³/mol. The largest absolute Gasteiger partial charge is 0.316 e. The van der Waals surface area contributed by atoms with Gasteiger partial charge < -0.3 is 5.32 Å². The number of nitrogens with one attached hydrogen (secondary N) is 1. The fourth-order valence-corrected chi connectivity index (χ4v) is 2.18. The van der Waals surface area contributed by atoms with Crippen LogP contribution in [0.1, 0.15) is 40.0 Å². The Morgan fingerprint density at radius 2 is 2.18 bits per heavy atom. The van der Waals surface area contributed by atoms with Crippen LogP contribution in [-0.4, -0.2) is 13.1 Å². The molecule has 0 amide bonds. The van der Waals surface area contributed by atoms with E-state index in [0.29, 0.717) is 5.41 Å². The Bertz CT molecular complexity index is 133. The van der Waals surface area contributed by atoms with Crippen molar-refractivity contribution in [3.8, 4) is 0 Å². The number of hydrogen-bond donors (Lipinski definition) is 1. The molecule has 66 valence electrons. The van der Waals surface area contributed by atoms with E-state index in [4.69, 9.17) is 0 Å². The van der Waals surface area contributed by atoms with E-state index in [1.165, 1.54) is 19.3 Å². The van der Waals surface area contributed by atoms with Gasteiger partial charge in [-0.25, -0.2) is 0 Å². The molecule has 0 heterocycles. The zero-order valence-corrected chi connectivity index (χ0v) is 8.28. The summed E-state index contributed by atoms with van der Waals surface area (Å²) >= 11 is 0. The van der Waals surface area contributed by atoms with Crippen molar-refractivity contribution in [1.29, 1.82) is 0 Å². The van der Waals surface area contributed by atoms with Crippen molar-refractivity contribution in [3.05, 3.63) is 0 Å². The van der Waals surface area contributed by atoms with Crippen LogP contribution in [0.4, 0.5) is 0 Å². The van der Waals surface area contributed by atoms with Crippen LogP contribution < -0.4 is 5.32 Å². The summed E-state index contributed by atoms with van der Waals surface area (Å²) in [6.07, 6.45) is 4.05. The molecule has 0 bridgehead atoms. The van der Waals surface area contributed by atoms with Gasteiger partial charge in [0.25, 0.3) is 0 Å². The highest BCUT2D eigenvalue weighted by molar-refractivity contribution is 5.03. The van der Waals surface area contributed by atoms with Gasteiger partial charge in [0, 0.05) is 6.04 Å². The van der Waals surface area contributed by atoms with Gasteiger partial charge >= 0.3 is 0 Å². The van der Waals surface area contributed by atoms with Crippen molar-refractivity contribution < 1.29 is 0 Å². The zero-order valence-electron chi connectivity index (χ0n) is 8.28. The lowest BCUT2D eigenvalue weighted by atomic mass is 9.93. The number of rotatable bonds is 4. The Morgan fingerprint density at radius 3 is 2.45 bits per heavy atom. The third-order valence-electron chi connectivity index (χ3n) is 3.43. The van der Waals surface area contributed by atoms with E-state index in [1.54, 1.807) is 0 Å². The van der Waals surface area contributed by atoms with E-state index in [0.717, 1.165) is 12.0 Å². The normalized spacial score (nSPS) is 38.7. The van der Waals surface area contributed by atoms with Crippen LogP contribution in [0.3, 0.4) is 0 Å². The third-order valence-corrected chi connectivity index (χ3v) is 3.43. The maximum Gasteiger partial charge on any atom is 0.0120 e. The first kappa shape index (κ1) is 9.05. The average Bonchev–Trinajstić information content (AvgIpc) is 2.56. The minimum absolute atomic E-state index is 0.616.